The van der Waals surface area contributed by atoms with E-state index in [9.17, 15) is 4.79 Å². The summed E-state index contributed by atoms with van der Waals surface area (Å²) in [5, 5.41) is 6.16. The molecule has 0 aliphatic carbocycles. The molecule has 1 saturated heterocycles. The first kappa shape index (κ1) is 14.2. The van der Waals surface area contributed by atoms with Gasteiger partial charge in [-0.25, -0.2) is 0 Å². The van der Waals surface area contributed by atoms with Gasteiger partial charge in [0.15, 0.2) is 0 Å². The second kappa shape index (κ2) is 6.83. The summed E-state index contributed by atoms with van der Waals surface area (Å²) >= 11 is 5.65. The number of benzene rings is 1. The van der Waals surface area contributed by atoms with Gasteiger partial charge >= 0.3 is 0 Å². The molecule has 0 bridgehead atoms. The molecule has 2 rings (SSSR count). The van der Waals surface area contributed by atoms with Crippen LogP contribution in [0, 0.1) is 3.57 Å². The first-order valence-corrected chi connectivity index (χ1v) is 7.58. The Morgan fingerprint density at radius 3 is 3.11 bits per heavy atom. The molecule has 98 valence electrons. The molecule has 18 heavy (non-hydrogen) atoms. The van der Waals surface area contributed by atoms with Gasteiger partial charge in [-0.15, -0.1) is 0 Å². The Morgan fingerprint density at radius 2 is 2.44 bits per heavy atom. The molecule has 1 aromatic rings. The van der Waals surface area contributed by atoms with E-state index in [1.165, 1.54) is 0 Å². The molecule has 2 N–H and O–H groups in total. The van der Waals surface area contributed by atoms with Crippen LogP contribution in [0.1, 0.15) is 6.42 Å². The van der Waals surface area contributed by atoms with Gasteiger partial charge < -0.3 is 15.4 Å². The highest BCUT2D eigenvalue weighted by atomic mass is 127. The number of rotatable bonds is 3. The molecule has 1 aliphatic heterocycles. The summed E-state index contributed by atoms with van der Waals surface area (Å²) in [5.74, 6) is 0.0103. The van der Waals surface area contributed by atoms with Crippen molar-refractivity contribution in [2.75, 3.05) is 25.1 Å². The molecule has 1 atom stereocenters. The monoisotopic (exact) mass is 424 g/mol. The molecular weight excluding hydrogens is 411 g/mol. The first-order valence-electron chi connectivity index (χ1n) is 5.71. The number of amides is 1. The van der Waals surface area contributed by atoms with E-state index in [-0.39, 0.29) is 11.9 Å². The van der Waals surface area contributed by atoms with Crippen LogP contribution < -0.4 is 10.6 Å². The van der Waals surface area contributed by atoms with E-state index >= 15 is 0 Å². The molecule has 0 aromatic heterocycles. The average Bonchev–Trinajstić information content (AvgIpc) is 2.35. The molecule has 1 aliphatic rings. The number of carbonyl (C=O) groups is 1. The van der Waals surface area contributed by atoms with Gasteiger partial charge in [-0.1, -0.05) is 0 Å². The number of ether oxygens (including phenoxy) is 1. The van der Waals surface area contributed by atoms with Crippen LogP contribution in [0.3, 0.4) is 0 Å². The summed E-state index contributed by atoms with van der Waals surface area (Å²) in [4.78, 5) is 11.9. The molecule has 0 spiro atoms. The van der Waals surface area contributed by atoms with Gasteiger partial charge in [0, 0.05) is 32.7 Å². The van der Waals surface area contributed by atoms with Crippen LogP contribution in [-0.4, -0.2) is 31.7 Å². The smallest absolute Gasteiger partial charge is 0.226 e. The second-order valence-electron chi connectivity index (χ2n) is 4.11. The van der Waals surface area contributed by atoms with Gasteiger partial charge in [-0.3, -0.25) is 4.79 Å². The van der Waals surface area contributed by atoms with Crippen LogP contribution in [0.25, 0.3) is 0 Å². The SMILES string of the molecule is O=C(CC1COCCN1)Nc1ccc(Br)c(I)c1. The maximum Gasteiger partial charge on any atom is 0.226 e. The van der Waals surface area contributed by atoms with Crippen molar-refractivity contribution >= 4 is 50.1 Å². The summed E-state index contributed by atoms with van der Waals surface area (Å²) < 4.78 is 7.42. The van der Waals surface area contributed by atoms with Crippen LogP contribution in [-0.2, 0) is 9.53 Å². The van der Waals surface area contributed by atoms with Crippen LogP contribution in [0.5, 0.6) is 0 Å². The number of carbonyl (C=O) groups excluding carboxylic acids is 1. The largest absolute Gasteiger partial charge is 0.378 e. The van der Waals surface area contributed by atoms with Gasteiger partial charge in [0.1, 0.15) is 0 Å². The van der Waals surface area contributed by atoms with E-state index < -0.39 is 0 Å². The van der Waals surface area contributed by atoms with Crippen molar-refractivity contribution in [3.05, 3.63) is 26.2 Å². The molecule has 1 heterocycles. The van der Waals surface area contributed by atoms with Crippen molar-refractivity contribution in [2.45, 2.75) is 12.5 Å². The molecule has 1 unspecified atom stereocenters. The molecule has 6 heteroatoms. The van der Waals surface area contributed by atoms with Crippen LogP contribution in [0.4, 0.5) is 5.69 Å². The normalized spacial score (nSPS) is 19.6. The second-order valence-corrected chi connectivity index (χ2v) is 6.12. The van der Waals surface area contributed by atoms with Gasteiger partial charge in [0.05, 0.1) is 13.2 Å². The standard InChI is InChI=1S/C12H14BrIN2O2/c13-10-2-1-8(5-11(10)14)16-12(17)6-9-7-18-4-3-15-9/h1-2,5,9,15H,3-4,6-7H2,(H,16,17). The summed E-state index contributed by atoms with van der Waals surface area (Å²) in [6.07, 6.45) is 0.437. The fourth-order valence-corrected chi connectivity index (χ4v) is 2.52. The fourth-order valence-electron chi connectivity index (χ4n) is 1.76. The molecule has 1 aromatic carbocycles. The number of morpholine rings is 1. The van der Waals surface area contributed by atoms with Crippen molar-refractivity contribution in [3.63, 3.8) is 0 Å². The summed E-state index contributed by atoms with van der Waals surface area (Å²) in [6.45, 7) is 2.14. The Labute approximate surface area is 128 Å². The van der Waals surface area contributed by atoms with E-state index in [0.717, 1.165) is 26.9 Å². The van der Waals surface area contributed by atoms with Crippen LogP contribution in [0.2, 0.25) is 0 Å². The highest BCUT2D eigenvalue weighted by Crippen LogP contribution is 2.22. The van der Waals surface area contributed by atoms with E-state index in [1.807, 2.05) is 18.2 Å². The summed E-state index contributed by atoms with van der Waals surface area (Å²) in [5.41, 5.74) is 0.823. The molecule has 0 radical (unpaired) electrons. The molecule has 0 saturated carbocycles. The van der Waals surface area contributed by atoms with Crippen LogP contribution in [0.15, 0.2) is 22.7 Å². The third-order valence-corrected chi connectivity index (χ3v) is 4.96. The minimum Gasteiger partial charge on any atom is -0.378 e. The molecule has 4 nitrogen and oxygen atoms in total. The van der Waals surface area contributed by atoms with Crippen molar-refractivity contribution < 1.29 is 9.53 Å². The number of halogens is 2. The summed E-state index contributed by atoms with van der Waals surface area (Å²) in [6, 6.07) is 5.87. The van der Waals surface area contributed by atoms with Crippen molar-refractivity contribution in [3.8, 4) is 0 Å². The lowest BCUT2D eigenvalue weighted by Gasteiger charge is -2.23. The quantitative estimate of drug-likeness (QED) is 0.732. The van der Waals surface area contributed by atoms with Crippen molar-refractivity contribution in [1.29, 1.82) is 0 Å². The zero-order chi connectivity index (χ0) is 13.0. The maximum atomic E-state index is 11.9. The van der Waals surface area contributed by atoms with Gasteiger partial charge in [-0.05, 0) is 56.7 Å². The third-order valence-electron chi connectivity index (χ3n) is 2.63. The Bertz CT molecular complexity index is 436. The lowest BCUT2D eigenvalue weighted by atomic mass is 10.2. The summed E-state index contributed by atoms with van der Waals surface area (Å²) in [7, 11) is 0. The molecular formula is C12H14BrIN2O2. The van der Waals surface area contributed by atoms with Crippen molar-refractivity contribution in [1.82, 2.24) is 5.32 Å². The lowest BCUT2D eigenvalue weighted by Crippen LogP contribution is -2.43. The van der Waals surface area contributed by atoms with E-state index in [0.29, 0.717) is 13.0 Å². The topological polar surface area (TPSA) is 50.4 Å². The molecule has 1 fully saturated rings. The average molecular weight is 425 g/mol. The Morgan fingerprint density at radius 1 is 1.61 bits per heavy atom. The zero-order valence-electron chi connectivity index (χ0n) is 9.71. The van der Waals surface area contributed by atoms with E-state index in [2.05, 4.69) is 49.2 Å². The lowest BCUT2D eigenvalue weighted by molar-refractivity contribution is -0.117. The Hall–Kier alpha value is -0.180. The minimum absolute atomic E-state index is 0.0103. The highest BCUT2D eigenvalue weighted by molar-refractivity contribution is 14.1. The first-order chi connectivity index (χ1) is 8.65. The fraction of sp³-hybridized carbons (Fsp3) is 0.417. The van der Waals surface area contributed by atoms with Gasteiger partial charge in [0.25, 0.3) is 0 Å². The van der Waals surface area contributed by atoms with E-state index in [4.69, 9.17) is 4.74 Å². The van der Waals surface area contributed by atoms with Crippen LogP contribution >= 0.6 is 38.5 Å². The van der Waals surface area contributed by atoms with Crippen molar-refractivity contribution in [2.24, 2.45) is 0 Å². The number of hydrogen-bond donors (Lipinski definition) is 2. The predicted molar refractivity (Wildman–Crippen MR) is 82.7 cm³/mol. The minimum atomic E-state index is 0.0103. The number of hydrogen-bond acceptors (Lipinski definition) is 3. The Kier molecular flexibility index (Phi) is 5.40. The Balaban J connectivity index is 1.88. The highest BCUT2D eigenvalue weighted by Gasteiger charge is 2.16. The predicted octanol–water partition coefficient (Wildman–Crippen LogP) is 2.37. The zero-order valence-corrected chi connectivity index (χ0v) is 13.5. The van der Waals surface area contributed by atoms with E-state index in [1.54, 1.807) is 0 Å². The molecule has 1 amide bonds. The van der Waals surface area contributed by atoms with Gasteiger partial charge in [-0.2, -0.15) is 0 Å². The third kappa shape index (κ3) is 4.18. The maximum absolute atomic E-state index is 11.9. The number of nitrogens with one attached hydrogen (secondary N) is 2. The van der Waals surface area contributed by atoms with Gasteiger partial charge in [0.2, 0.25) is 5.91 Å². The number of anilines is 1.